The minimum atomic E-state index is -0.401. The Morgan fingerprint density at radius 3 is 2.24 bits per heavy atom. The van der Waals surface area contributed by atoms with Crippen molar-refractivity contribution < 1.29 is 9.59 Å². The zero-order valence-corrected chi connectivity index (χ0v) is 14.2. The molecule has 1 N–H and O–H groups in total. The molecule has 0 aromatic heterocycles. The average Bonchev–Trinajstić information content (AvgIpc) is 2.50. The van der Waals surface area contributed by atoms with Gasteiger partial charge < -0.3 is 10.2 Å². The van der Waals surface area contributed by atoms with Gasteiger partial charge >= 0.3 is 0 Å². The van der Waals surface area contributed by atoms with E-state index in [1.165, 1.54) is 0 Å². The summed E-state index contributed by atoms with van der Waals surface area (Å²) in [5.74, 6) is 0.111. The summed E-state index contributed by atoms with van der Waals surface area (Å²) in [5, 5.41) is 2.92. The number of rotatable bonds is 1. The van der Waals surface area contributed by atoms with E-state index in [4.69, 9.17) is 0 Å². The second-order valence-corrected chi connectivity index (χ2v) is 8.54. The predicted molar refractivity (Wildman–Crippen MR) is 83.8 cm³/mol. The van der Waals surface area contributed by atoms with Crippen LogP contribution in [-0.2, 0) is 9.59 Å². The van der Waals surface area contributed by atoms with Gasteiger partial charge in [0.25, 0.3) is 0 Å². The fourth-order valence-corrected chi connectivity index (χ4v) is 3.44. The van der Waals surface area contributed by atoms with Crippen molar-refractivity contribution in [3.63, 3.8) is 0 Å². The fraction of sp³-hybridized carbons (Fsp3) is 0.882. The summed E-state index contributed by atoms with van der Waals surface area (Å²) in [5.41, 5.74) is 0.145. The van der Waals surface area contributed by atoms with E-state index in [1.807, 2.05) is 25.7 Å². The molecular formula is C17H30N2O2. The molecule has 0 aromatic rings. The molecule has 0 bridgehead atoms. The minimum Gasteiger partial charge on any atom is -0.344 e. The molecule has 2 amide bonds. The Kier molecular flexibility index (Phi) is 4.36. The molecule has 2 fully saturated rings. The highest BCUT2D eigenvalue weighted by Gasteiger charge is 2.41. The normalized spacial score (nSPS) is 28.2. The van der Waals surface area contributed by atoms with E-state index in [2.05, 4.69) is 19.2 Å². The van der Waals surface area contributed by atoms with Gasteiger partial charge in [0.05, 0.1) is 0 Å². The van der Waals surface area contributed by atoms with Gasteiger partial charge in [-0.1, -0.05) is 34.6 Å². The highest BCUT2D eigenvalue weighted by molar-refractivity contribution is 5.90. The van der Waals surface area contributed by atoms with Crippen molar-refractivity contribution in [3.8, 4) is 0 Å². The quantitative estimate of drug-likeness (QED) is 0.808. The fourth-order valence-electron chi connectivity index (χ4n) is 3.44. The van der Waals surface area contributed by atoms with Gasteiger partial charge in [-0.15, -0.1) is 0 Å². The summed E-state index contributed by atoms with van der Waals surface area (Å²) < 4.78 is 0. The Morgan fingerprint density at radius 1 is 1.14 bits per heavy atom. The molecule has 0 spiro atoms. The van der Waals surface area contributed by atoms with Gasteiger partial charge in [-0.05, 0) is 36.5 Å². The van der Waals surface area contributed by atoms with Gasteiger partial charge in [0.15, 0.2) is 0 Å². The first kappa shape index (κ1) is 16.3. The van der Waals surface area contributed by atoms with E-state index in [0.29, 0.717) is 24.4 Å². The van der Waals surface area contributed by atoms with Gasteiger partial charge in [-0.3, -0.25) is 9.59 Å². The highest BCUT2D eigenvalue weighted by atomic mass is 16.2. The van der Waals surface area contributed by atoms with E-state index < -0.39 is 6.04 Å². The molecular weight excluding hydrogens is 264 g/mol. The van der Waals surface area contributed by atoms with Crippen LogP contribution in [0.2, 0.25) is 0 Å². The second kappa shape index (κ2) is 5.62. The van der Waals surface area contributed by atoms with Gasteiger partial charge in [0.1, 0.15) is 6.04 Å². The topological polar surface area (TPSA) is 49.4 Å². The van der Waals surface area contributed by atoms with E-state index >= 15 is 0 Å². The summed E-state index contributed by atoms with van der Waals surface area (Å²) in [7, 11) is 0. The Balaban J connectivity index is 2.15. The maximum absolute atomic E-state index is 12.9. The third-order valence-corrected chi connectivity index (χ3v) is 5.03. The number of hydrogen-bond acceptors (Lipinski definition) is 2. The molecule has 120 valence electrons. The van der Waals surface area contributed by atoms with Gasteiger partial charge in [-0.2, -0.15) is 0 Å². The number of carbonyl (C=O) groups excluding carboxylic acids is 2. The molecule has 1 saturated carbocycles. The molecule has 1 aliphatic heterocycles. The Hall–Kier alpha value is -1.06. The van der Waals surface area contributed by atoms with Crippen LogP contribution >= 0.6 is 0 Å². The molecule has 21 heavy (non-hydrogen) atoms. The second-order valence-electron chi connectivity index (χ2n) is 8.54. The van der Waals surface area contributed by atoms with Crippen LogP contribution in [0, 0.1) is 10.8 Å². The van der Waals surface area contributed by atoms with Crippen LogP contribution in [0.25, 0.3) is 0 Å². The Bertz CT molecular complexity index is 413. The molecule has 1 unspecified atom stereocenters. The van der Waals surface area contributed by atoms with Crippen LogP contribution in [-0.4, -0.2) is 35.3 Å². The lowest BCUT2D eigenvalue weighted by Gasteiger charge is -2.41. The molecule has 1 saturated heterocycles. The van der Waals surface area contributed by atoms with Crippen molar-refractivity contribution in [3.05, 3.63) is 0 Å². The van der Waals surface area contributed by atoms with Crippen molar-refractivity contribution >= 4 is 11.8 Å². The van der Waals surface area contributed by atoms with E-state index in [9.17, 15) is 9.59 Å². The number of carbonyl (C=O) groups is 2. The van der Waals surface area contributed by atoms with Crippen molar-refractivity contribution in [1.29, 1.82) is 0 Å². The lowest BCUT2D eigenvalue weighted by molar-refractivity contribution is -0.139. The zero-order valence-electron chi connectivity index (χ0n) is 14.2. The molecule has 2 rings (SSSR count). The van der Waals surface area contributed by atoms with Crippen molar-refractivity contribution in [2.75, 3.05) is 6.54 Å². The molecule has 4 heteroatoms. The summed E-state index contributed by atoms with van der Waals surface area (Å²) in [6, 6.07) is -0.0921. The molecule has 1 atom stereocenters. The van der Waals surface area contributed by atoms with Crippen LogP contribution in [0.4, 0.5) is 0 Å². The zero-order chi connectivity index (χ0) is 15.8. The third-order valence-electron chi connectivity index (χ3n) is 5.03. The van der Waals surface area contributed by atoms with Gasteiger partial charge in [0.2, 0.25) is 11.8 Å². The number of amides is 2. The minimum absolute atomic E-state index is 0.00177. The molecule has 0 radical (unpaired) electrons. The molecule has 1 heterocycles. The lowest BCUT2D eigenvalue weighted by Crippen LogP contribution is -2.54. The van der Waals surface area contributed by atoms with Crippen LogP contribution in [0.3, 0.4) is 0 Å². The summed E-state index contributed by atoms with van der Waals surface area (Å²) in [4.78, 5) is 26.8. The molecule has 2 aliphatic rings. The average molecular weight is 294 g/mol. The van der Waals surface area contributed by atoms with Crippen LogP contribution in [0.5, 0.6) is 0 Å². The van der Waals surface area contributed by atoms with Crippen LogP contribution in [0.15, 0.2) is 0 Å². The van der Waals surface area contributed by atoms with E-state index in [0.717, 1.165) is 25.7 Å². The van der Waals surface area contributed by atoms with Crippen molar-refractivity contribution in [2.24, 2.45) is 10.8 Å². The van der Waals surface area contributed by atoms with E-state index in [1.54, 1.807) is 0 Å². The van der Waals surface area contributed by atoms with Crippen molar-refractivity contribution in [1.82, 2.24) is 10.2 Å². The Morgan fingerprint density at radius 2 is 1.71 bits per heavy atom. The smallest absolute Gasteiger partial charge is 0.245 e. The van der Waals surface area contributed by atoms with Gasteiger partial charge in [0, 0.05) is 19.0 Å². The third kappa shape index (κ3) is 3.78. The first-order valence-corrected chi connectivity index (χ1v) is 8.20. The molecule has 4 nitrogen and oxygen atoms in total. The summed E-state index contributed by atoms with van der Waals surface area (Å²) in [6.07, 6.45) is 4.86. The summed E-state index contributed by atoms with van der Waals surface area (Å²) in [6.45, 7) is 11.2. The monoisotopic (exact) mass is 294 g/mol. The number of nitrogens with one attached hydrogen (secondary N) is 1. The predicted octanol–water partition coefficient (Wildman–Crippen LogP) is 2.72. The standard InChI is InChI=1S/C17H30N2O2/c1-16(2,3)14-15(21)19(11-8-13(20)18-14)12-6-9-17(4,5)10-7-12/h12,14H,6-11H2,1-5H3,(H,18,20). The van der Waals surface area contributed by atoms with Crippen molar-refractivity contribution in [2.45, 2.75) is 78.8 Å². The van der Waals surface area contributed by atoms with Crippen LogP contribution in [0.1, 0.15) is 66.7 Å². The highest BCUT2D eigenvalue weighted by Crippen LogP contribution is 2.37. The molecule has 1 aliphatic carbocycles. The number of nitrogens with zero attached hydrogens (tertiary/aromatic N) is 1. The van der Waals surface area contributed by atoms with Crippen LogP contribution < -0.4 is 5.32 Å². The Labute approximate surface area is 128 Å². The number of hydrogen-bond donors (Lipinski definition) is 1. The molecule has 0 aromatic carbocycles. The first-order valence-electron chi connectivity index (χ1n) is 8.20. The van der Waals surface area contributed by atoms with E-state index in [-0.39, 0.29) is 17.2 Å². The SMILES string of the molecule is CC1(C)CCC(N2CCC(=O)NC(C(C)(C)C)C2=O)CC1. The largest absolute Gasteiger partial charge is 0.344 e. The maximum atomic E-state index is 12.9. The first-order chi connectivity index (χ1) is 9.60. The van der Waals surface area contributed by atoms with Gasteiger partial charge in [-0.25, -0.2) is 0 Å². The maximum Gasteiger partial charge on any atom is 0.245 e. The lowest BCUT2D eigenvalue weighted by atomic mass is 9.75. The summed E-state index contributed by atoms with van der Waals surface area (Å²) >= 11 is 0.